The maximum Gasteiger partial charge on any atom is 0.411 e. The molecule has 1 amide bonds. The van der Waals surface area contributed by atoms with Crippen LogP contribution in [0.3, 0.4) is 0 Å². The van der Waals surface area contributed by atoms with Gasteiger partial charge in [0, 0.05) is 29.8 Å². The van der Waals surface area contributed by atoms with Gasteiger partial charge in [-0.15, -0.1) is 0 Å². The van der Waals surface area contributed by atoms with Crippen molar-refractivity contribution in [2.24, 2.45) is 5.92 Å². The molecule has 3 aliphatic carbocycles. The van der Waals surface area contributed by atoms with Gasteiger partial charge in [0.25, 0.3) is 5.69 Å². The summed E-state index contributed by atoms with van der Waals surface area (Å²) in [6.45, 7) is 3.96. The van der Waals surface area contributed by atoms with Crippen LogP contribution in [0.15, 0.2) is 66.4 Å². The van der Waals surface area contributed by atoms with Gasteiger partial charge in [-0.1, -0.05) is 36.4 Å². The van der Waals surface area contributed by atoms with Crippen LogP contribution < -0.4 is 6.15 Å². The van der Waals surface area contributed by atoms with Gasteiger partial charge in [0.05, 0.1) is 10.8 Å². The van der Waals surface area contributed by atoms with E-state index in [4.69, 9.17) is 0 Å². The van der Waals surface area contributed by atoms with Crippen molar-refractivity contribution in [3.8, 4) is 11.1 Å². The van der Waals surface area contributed by atoms with Crippen molar-refractivity contribution in [3.63, 3.8) is 0 Å². The molecule has 1 aromatic rings. The molecule has 5 rings (SSSR count). The van der Waals surface area contributed by atoms with E-state index in [1.807, 2.05) is 0 Å². The van der Waals surface area contributed by atoms with Gasteiger partial charge in [-0.05, 0) is 54.7 Å². The lowest BCUT2D eigenvalue weighted by atomic mass is 9.72. The van der Waals surface area contributed by atoms with Crippen LogP contribution >= 0.6 is 0 Å². The summed E-state index contributed by atoms with van der Waals surface area (Å²) < 4.78 is 0. The van der Waals surface area contributed by atoms with Crippen molar-refractivity contribution < 1.29 is 19.6 Å². The molecule has 4 aliphatic rings. The first kappa shape index (κ1) is 22.9. The Kier molecular flexibility index (Phi) is 6.27. The van der Waals surface area contributed by atoms with Crippen LogP contribution in [0.4, 0.5) is 10.5 Å². The molecule has 3 unspecified atom stereocenters. The number of benzene rings is 2. The third-order valence-electron chi connectivity index (χ3n) is 6.17. The van der Waals surface area contributed by atoms with Crippen LogP contribution in [-0.4, -0.2) is 32.8 Å². The average molecular weight is 435 g/mol. The van der Waals surface area contributed by atoms with Crippen molar-refractivity contribution in [1.29, 1.82) is 0 Å². The van der Waals surface area contributed by atoms with Gasteiger partial charge in [-0.3, -0.25) is 19.8 Å². The number of nitro groups is 1. The van der Waals surface area contributed by atoms with Crippen LogP contribution in [0, 0.1) is 23.0 Å². The second-order valence-corrected chi connectivity index (χ2v) is 8.00. The van der Waals surface area contributed by atoms with E-state index in [0.29, 0.717) is 12.1 Å². The Morgan fingerprint density at radius 2 is 1.78 bits per heavy atom. The first-order valence-electron chi connectivity index (χ1n) is 10.1. The summed E-state index contributed by atoms with van der Waals surface area (Å²) in [5, 5.41) is 20.3. The van der Waals surface area contributed by atoms with E-state index in [0.717, 1.165) is 5.56 Å². The van der Waals surface area contributed by atoms with E-state index < -0.39 is 16.9 Å². The molecule has 8 heteroatoms. The summed E-state index contributed by atoms with van der Waals surface area (Å²) in [4.78, 5) is 35.5. The number of nitro benzene ring substituents is 1. The number of ketones is 1. The normalized spacial score (nSPS) is 21.9. The van der Waals surface area contributed by atoms with Gasteiger partial charge < -0.3 is 11.3 Å². The maximum atomic E-state index is 12.4. The van der Waals surface area contributed by atoms with E-state index in [1.165, 1.54) is 39.8 Å². The Balaban J connectivity index is 0.000000303. The molecule has 4 N–H and O–H groups in total. The molecule has 1 aromatic carbocycles. The number of likely N-dealkylation sites (tertiary alicyclic amines) is 1. The van der Waals surface area contributed by atoms with Crippen molar-refractivity contribution in [3.05, 3.63) is 87.6 Å². The van der Waals surface area contributed by atoms with Gasteiger partial charge in [0.2, 0.25) is 0 Å². The number of rotatable bonds is 2. The van der Waals surface area contributed by atoms with E-state index in [-0.39, 0.29) is 29.6 Å². The van der Waals surface area contributed by atoms with E-state index in [1.54, 1.807) is 31.2 Å². The number of fused-ring (bicyclic) bond motifs is 2. The van der Waals surface area contributed by atoms with E-state index >= 15 is 0 Å². The second kappa shape index (κ2) is 8.76. The van der Waals surface area contributed by atoms with Crippen LogP contribution in [0.1, 0.15) is 30.4 Å². The Labute approximate surface area is 185 Å². The molecule has 1 heterocycles. The molecular weight excluding hydrogens is 410 g/mol. The van der Waals surface area contributed by atoms with Crippen molar-refractivity contribution >= 4 is 17.6 Å². The highest BCUT2D eigenvalue weighted by atomic mass is 16.6. The first-order chi connectivity index (χ1) is 14.8. The van der Waals surface area contributed by atoms with Crippen molar-refractivity contribution in [2.75, 3.05) is 0 Å². The van der Waals surface area contributed by atoms with Gasteiger partial charge in [0.15, 0.2) is 5.78 Å². The molecule has 0 radical (unpaired) electrons. The SMILES string of the molecule is CC1CC(c2ccc([N+](=O)[O-])cc2)C2C(=O)C=CC=C2N1C(=O)O.Cc1c2cccc1-2.N. The molecule has 1 aliphatic heterocycles. The Morgan fingerprint density at radius 3 is 2.28 bits per heavy atom. The predicted octanol–water partition coefficient (Wildman–Crippen LogP) is 5.23. The lowest BCUT2D eigenvalue weighted by Crippen LogP contribution is -2.48. The molecule has 32 heavy (non-hydrogen) atoms. The lowest BCUT2D eigenvalue weighted by molar-refractivity contribution is -0.384. The van der Waals surface area contributed by atoms with Crippen LogP contribution in [0.2, 0.25) is 0 Å². The number of allylic oxidation sites excluding steroid dienone is 4. The fraction of sp³-hybridized carbons (Fsp3) is 0.250. The third kappa shape index (κ3) is 4.04. The summed E-state index contributed by atoms with van der Waals surface area (Å²) in [5.74, 6) is -0.933. The minimum Gasteiger partial charge on any atom is -0.465 e. The van der Waals surface area contributed by atoms with Gasteiger partial charge >= 0.3 is 6.09 Å². The highest BCUT2D eigenvalue weighted by Gasteiger charge is 2.44. The highest BCUT2D eigenvalue weighted by Crippen LogP contribution is 2.44. The zero-order valence-corrected chi connectivity index (χ0v) is 17.9. The number of carbonyl (C=O) groups is 2. The number of hydrogen-bond donors (Lipinski definition) is 2. The fourth-order valence-electron chi connectivity index (χ4n) is 4.55. The number of piperidine rings is 1. The number of amides is 1. The van der Waals surface area contributed by atoms with Crippen molar-refractivity contribution in [1.82, 2.24) is 11.1 Å². The average Bonchev–Trinajstić information content (AvgIpc) is 3.12. The topological polar surface area (TPSA) is 136 Å². The Morgan fingerprint density at radius 1 is 1.16 bits per heavy atom. The second-order valence-electron chi connectivity index (χ2n) is 8.00. The van der Waals surface area contributed by atoms with E-state index in [9.17, 15) is 24.8 Å². The number of carboxylic acid groups (broad SMARTS) is 1. The lowest BCUT2D eigenvalue weighted by Gasteiger charge is -2.43. The fourth-order valence-corrected chi connectivity index (χ4v) is 4.55. The van der Waals surface area contributed by atoms with Gasteiger partial charge in [-0.2, -0.15) is 0 Å². The van der Waals surface area contributed by atoms with Gasteiger partial charge in [-0.25, -0.2) is 4.79 Å². The predicted molar refractivity (Wildman–Crippen MR) is 121 cm³/mol. The molecule has 8 nitrogen and oxygen atoms in total. The Bertz CT molecular complexity index is 1120. The summed E-state index contributed by atoms with van der Waals surface area (Å²) in [6.07, 6.45) is 4.07. The number of aryl methyl sites for hydroxylation is 1. The molecule has 0 spiro atoms. The number of carbonyl (C=O) groups excluding carboxylic acids is 1. The molecule has 0 aromatic heterocycles. The smallest absolute Gasteiger partial charge is 0.411 e. The molecule has 166 valence electrons. The number of hydrogen-bond acceptors (Lipinski definition) is 5. The summed E-state index contributed by atoms with van der Waals surface area (Å²) in [6, 6.07) is 12.2. The monoisotopic (exact) mass is 435 g/mol. The molecule has 3 atom stereocenters. The standard InChI is InChI=1S/C17H16N2O5.C7H6.H3N/c1-10-9-13(11-5-7-12(8-6-11)19(23)24)16-14(18(10)17(21)22)3-2-4-15(16)20;1-5-6-3-2-4-7(5)6;/h2-8,10,13,16H,9H2,1H3,(H,21,22);2-4H,1H3;1H3. The summed E-state index contributed by atoms with van der Waals surface area (Å²) >= 11 is 0. The molecule has 0 bridgehead atoms. The molecule has 1 fully saturated rings. The highest BCUT2D eigenvalue weighted by molar-refractivity contribution is 5.97. The maximum absolute atomic E-state index is 12.4. The zero-order chi connectivity index (χ0) is 22.3. The van der Waals surface area contributed by atoms with E-state index in [2.05, 4.69) is 25.1 Å². The summed E-state index contributed by atoms with van der Waals surface area (Å²) in [5.41, 5.74) is 5.69. The largest absolute Gasteiger partial charge is 0.465 e. The van der Waals surface area contributed by atoms with Crippen LogP contribution in [0.25, 0.3) is 11.1 Å². The van der Waals surface area contributed by atoms with Crippen LogP contribution in [-0.2, 0) is 4.79 Å². The zero-order valence-electron chi connectivity index (χ0n) is 17.9. The van der Waals surface area contributed by atoms with Crippen LogP contribution in [0.5, 0.6) is 0 Å². The van der Waals surface area contributed by atoms with Gasteiger partial charge in [0.1, 0.15) is 0 Å². The minimum absolute atomic E-state index is 0. The Hall–Kier alpha value is -3.78. The minimum atomic E-state index is -1.08. The summed E-state index contributed by atoms with van der Waals surface area (Å²) in [7, 11) is 0. The molecule has 0 saturated carbocycles. The number of nitrogens with zero attached hydrogens (tertiary/aromatic N) is 2. The molecular formula is C24H25N3O5. The first-order valence-corrected chi connectivity index (χ1v) is 10.1. The van der Waals surface area contributed by atoms with Crippen molar-refractivity contribution in [2.45, 2.75) is 32.2 Å². The third-order valence-corrected chi connectivity index (χ3v) is 6.17. The quantitative estimate of drug-likeness (QED) is 0.418. The molecule has 1 saturated heterocycles. The number of non-ortho nitro benzene ring substituents is 1.